The second-order valence-corrected chi connectivity index (χ2v) is 6.58. The van der Waals surface area contributed by atoms with E-state index in [0.29, 0.717) is 12.1 Å². The van der Waals surface area contributed by atoms with E-state index in [1.165, 1.54) is 7.11 Å². The van der Waals surface area contributed by atoms with Gasteiger partial charge in [-0.1, -0.05) is 23.4 Å². The standard InChI is InChI=1S/C19H28N6O2/c1-14(2)17(21-16-8-6-7-15(13-16)19(26)27-5)10-12-24(3)23-22-18-9-11-20-25(18)4/h6-8,11,13,17-18,21H,1,9-10,12H2,2-5H3. The van der Waals surface area contributed by atoms with Crippen LogP contribution in [0.25, 0.3) is 0 Å². The lowest BCUT2D eigenvalue weighted by molar-refractivity contribution is 0.0601. The van der Waals surface area contributed by atoms with Crippen LogP contribution in [0.15, 0.2) is 51.9 Å². The van der Waals surface area contributed by atoms with Crippen molar-refractivity contribution >= 4 is 17.9 Å². The van der Waals surface area contributed by atoms with E-state index in [9.17, 15) is 4.79 Å². The lowest BCUT2D eigenvalue weighted by Crippen LogP contribution is -2.26. The van der Waals surface area contributed by atoms with Gasteiger partial charge in [-0.05, 0) is 31.5 Å². The number of rotatable bonds is 9. The first-order valence-corrected chi connectivity index (χ1v) is 8.88. The zero-order valence-corrected chi connectivity index (χ0v) is 16.4. The Kier molecular flexibility index (Phi) is 7.34. The predicted octanol–water partition coefficient (Wildman–Crippen LogP) is 3.17. The van der Waals surface area contributed by atoms with Gasteiger partial charge >= 0.3 is 5.97 Å². The first-order valence-electron chi connectivity index (χ1n) is 8.88. The number of nitrogens with one attached hydrogen (secondary N) is 1. The Morgan fingerprint density at radius 2 is 2.33 bits per heavy atom. The molecule has 1 N–H and O–H groups in total. The lowest BCUT2D eigenvalue weighted by atomic mass is 10.1. The minimum atomic E-state index is -0.355. The average molecular weight is 372 g/mol. The van der Waals surface area contributed by atoms with Crippen molar-refractivity contribution in [2.45, 2.75) is 32.0 Å². The summed E-state index contributed by atoms with van der Waals surface area (Å²) in [7, 11) is 5.16. The number of nitrogens with zero attached hydrogens (tertiary/aromatic N) is 5. The molecule has 0 bridgehead atoms. The van der Waals surface area contributed by atoms with E-state index < -0.39 is 0 Å². The maximum atomic E-state index is 11.7. The van der Waals surface area contributed by atoms with Gasteiger partial charge in [-0.2, -0.15) is 5.10 Å². The second kappa shape index (κ2) is 9.70. The Balaban J connectivity index is 1.91. The van der Waals surface area contributed by atoms with E-state index in [0.717, 1.165) is 24.1 Å². The molecule has 0 aliphatic carbocycles. The van der Waals surface area contributed by atoms with Crippen LogP contribution in [0, 0.1) is 0 Å². The molecule has 0 radical (unpaired) electrons. The smallest absolute Gasteiger partial charge is 0.337 e. The molecule has 0 aromatic heterocycles. The van der Waals surface area contributed by atoms with Gasteiger partial charge in [0.15, 0.2) is 6.17 Å². The zero-order chi connectivity index (χ0) is 19.8. The molecule has 8 heteroatoms. The number of anilines is 1. The summed E-state index contributed by atoms with van der Waals surface area (Å²) in [5.41, 5.74) is 2.37. The number of hydrogen-bond donors (Lipinski definition) is 1. The molecule has 2 atom stereocenters. The van der Waals surface area contributed by atoms with E-state index in [1.807, 2.05) is 44.4 Å². The number of esters is 1. The predicted molar refractivity (Wildman–Crippen MR) is 107 cm³/mol. The molecule has 1 aromatic carbocycles. The van der Waals surface area contributed by atoms with E-state index in [4.69, 9.17) is 4.74 Å². The van der Waals surface area contributed by atoms with E-state index in [1.54, 1.807) is 17.1 Å². The minimum absolute atomic E-state index is 0.0245. The summed E-state index contributed by atoms with van der Waals surface area (Å²) in [6.45, 7) is 6.76. The first-order chi connectivity index (χ1) is 12.9. The highest BCUT2D eigenvalue weighted by Gasteiger charge is 2.16. The molecule has 146 valence electrons. The van der Waals surface area contributed by atoms with Crippen molar-refractivity contribution < 1.29 is 9.53 Å². The molecule has 1 heterocycles. The Morgan fingerprint density at radius 1 is 1.56 bits per heavy atom. The highest BCUT2D eigenvalue weighted by molar-refractivity contribution is 5.90. The maximum absolute atomic E-state index is 11.7. The van der Waals surface area contributed by atoms with Gasteiger partial charge in [0.05, 0.1) is 12.7 Å². The highest BCUT2D eigenvalue weighted by atomic mass is 16.5. The summed E-state index contributed by atoms with van der Waals surface area (Å²) in [6.07, 6.45) is 3.39. The molecule has 27 heavy (non-hydrogen) atoms. The van der Waals surface area contributed by atoms with Crippen molar-refractivity contribution in [2.24, 2.45) is 15.4 Å². The van der Waals surface area contributed by atoms with E-state index in [2.05, 4.69) is 27.3 Å². The SMILES string of the molecule is C=C(C)C(CCN(C)N=NC1CC=NN1C)Nc1cccc(C(=O)OC)c1. The topological polar surface area (TPSA) is 81.9 Å². The van der Waals surface area contributed by atoms with Gasteiger partial charge in [-0.3, -0.25) is 10.0 Å². The highest BCUT2D eigenvalue weighted by Crippen LogP contribution is 2.17. The lowest BCUT2D eigenvalue weighted by Gasteiger charge is -2.23. The maximum Gasteiger partial charge on any atom is 0.337 e. The van der Waals surface area contributed by atoms with Crippen LogP contribution in [0.4, 0.5) is 5.69 Å². The summed E-state index contributed by atoms with van der Waals surface area (Å²) >= 11 is 0. The Labute approximate surface area is 160 Å². The third-order valence-corrected chi connectivity index (χ3v) is 4.31. The van der Waals surface area contributed by atoms with Gasteiger partial charge in [0.2, 0.25) is 0 Å². The van der Waals surface area contributed by atoms with Crippen molar-refractivity contribution in [1.82, 2.24) is 10.0 Å². The number of hydrazone groups is 1. The summed E-state index contributed by atoms with van der Waals surface area (Å²) in [5, 5.41) is 19.7. The fraction of sp³-hybridized carbons (Fsp3) is 0.474. The van der Waals surface area contributed by atoms with Gasteiger partial charge in [-0.25, -0.2) is 4.79 Å². The molecule has 0 fully saturated rings. The van der Waals surface area contributed by atoms with Crippen molar-refractivity contribution in [3.8, 4) is 0 Å². The van der Waals surface area contributed by atoms with Crippen LogP contribution in [-0.4, -0.2) is 62.2 Å². The Hall–Kier alpha value is -2.90. The van der Waals surface area contributed by atoms with E-state index >= 15 is 0 Å². The van der Waals surface area contributed by atoms with Crippen LogP contribution in [0.1, 0.15) is 30.1 Å². The molecule has 2 rings (SSSR count). The molecule has 1 aliphatic heterocycles. The minimum Gasteiger partial charge on any atom is -0.465 e. The fourth-order valence-corrected chi connectivity index (χ4v) is 2.63. The number of benzene rings is 1. The molecule has 8 nitrogen and oxygen atoms in total. The third kappa shape index (κ3) is 6.09. The number of methoxy groups -OCH3 is 1. The molecule has 0 amide bonds. The van der Waals surface area contributed by atoms with Crippen LogP contribution in [0.5, 0.6) is 0 Å². The van der Waals surface area contributed by atoms with Gasteiger partial charge in [0, 0.05) is 45.0 Å². The number of carbonyl (C=O) groups excluding carboxylic acids is 1. The van der Waals surface area contributed by atoms with Crippen LogP contribution < -0.4 is 5.32 Å². The van der Waals surface area contributed by atoms with Crippen molar-refractivity contribution in [3.05, 3.63) is 42.0 Å². The number of carbonyl (C=O) groups is 1. The first kappa shape index (κ1) is 20.4. The van der Waals surface area contributed by atoms with Crippen molar-refractivity contribution in [1.29, 1.82) is 0 Å². The zero-order valence-electron chi connectivity index (χ0n) is 16.4. The summed E-state index contributed by atoms with van der Waals surface area (Å²) in [6, 6.07) is 7.30. The number of hydrogen-bond acceptors (Lipinski definition) is 7. The van der Waals surface area contributed by atoms with Crippen molar-refractivity contribution in [3.63, 3.8) is 0 Å². The van der Waals surface area contributed by atoms with Gasteiger partial charge in [-0.15, -0.1) is 5.11 Å². The summed E-state index contributed by atoms with van der Waals surface area (Å²) < 4.78 is 4.77. The molecular formula is C19H28N6O2. The largest absolute Gasteiger partial charge is 0.465 e. The van der Waals surface area contributed by atoms with Crippen LogP contribution in [0.2, 0.25) is 0 Å². The van der Waals surface area contributed by atoms with Crippen molar-refractivity contribution in [2.75, 3.05) is 33.1 Å². The van der Waals surface area contributed by atoms with Gasteiger partial charge in [0.25, 0.3) is 0 Å². The quantitative estimate of drug-likeness (QED) is 0.312. The monoisotopic (exact) mass is 372 g/mol. The second-order valence-electron chi connectivity index (χ2n) is 6.58. The average Bonchev–Trinajstić information content (AvgIpc) is 3.07. The van der Waals surface area contributed by atoms with Crippen LogP contribution >= 0.6 is 0 Å². The van der Waals surface area contributed by atoms with Crippen LogP contribution in [-0.2, 0) is 4.74 Å². The molecule has 2 unspecified atom stereocenters. The molecule has 0 spiro atoms. The molecule has 1 aromatic rings. The number of ether oxygens (including phenoxy) is 1. The Bertz CT molecular complexity index is 718. The summed E-state index contributed by atoms with van der Waals surface area (Å²) in [4.78, 5) is 11.7. The van der Waals surface area contributed by atoms with E-state index in [-0.39, 0.29) is 18.2 Å². The normalized spacial score (nSPS) is 17.2. The Morgan fingerprint density at radius 3 is 2.96 bits per heavy atom. The fourth-order valence-electron chi connectivity index (χ4n) is 2.63. The van der Waals surface area contributed by atoms with Gasteiger partial charge < -0.3 is 10.1 Å². The van der Waals surface area contributed by atoms with Gasteiger partial charge in [0.1, 0.15) is 0 Å². The molecule has 0 saturated carbocycles. The van der Waals surface area contributed by atoms with Crippen LogP contribution in [0.3, 0.4) is 0 Å². The third-order valence-electron chi connectivity index (χ3n) is 4.31. The molecule has 1 aliphatic rings. The molecule has 0 saturated heterocycles. The summed E-state index contributed by atoms with van der Waals surface area (Å²) in [5.74, 6) is -0.355. The molecular weight excluding hydrogens is 344 g/mol.